The van der Waals surface area contributed by atoms with Crippen molar-refractivity contribution in [2.24, 2.45) is 0 Å². The van der Waals surface area contributed by atoms with Crippen molar-refractivity contribution in [2.45, 2.75) is 59.5 Å². The Morgan fingerprint density at radius 2 is 1.93 bits per heavy atom. The summed E-state index contributed by atoms with van der Waals surface area (Å²) in [4.78, 5) is 20.0. The molecule has 0 saturated carbocycles. The summed E-state index contributed by atoms with van der Waals surface area (Å²) in [5, 5.41) is 0. The number of carbonyl (C=O) groups excluding carboxylic acids is 1. The zero-order chi connectivity index (χ0) is 21.7. The van der Waals surface area contributed by atoms with Gasteiger partial charge in [-0.3, -0.25) is 4.79 Å². The molecule has 1 amide bonds. The number of unbranched alkanes of at least 4 members (excludes halogenated alkanes) is 2. The van der Waals surface area contributed by atoms with Crippen LogP contribution in [-0.4, -0.2) is 26.9 Å². The van der Waals surface area contributed by atoms with Gasteiger partial charge in [0, 0.05) is 23.1 Å². The van der Waals surface area contributed by atoms with Gasteiger partial charge < -0.3 is 9.47 Å². The number of hydrogen-bond donors (Lipinski definition) is 0. The Kier molecular flexibility index (Phi) is 7.64. The number of hydrogen-bond acceptors (Lipinski definition) is 2. The van der Waals surface area contributed by atoms with Crippen LogP contribution in [0.4, 0.5) is 4.39 Å². The van der Waals surface area contributed by atoms with Gasteiger partial charge in [-0.15, -0.1) is 0 Å². The summed E-state index contributed by atoms with van der Waals surface area (Å²) in [6.07, 6.45) is 4.01. The van der Waals surface area contributed by atoms with E-state index < -0.39 is 0 Å². The van der Waals surface area contributed by atoms with Crippen LogP contribution in [0.3, 0.4) is 0 Å². The summed E-state index contributed by atoms with van der Waals surface area (Å²) in [5.74, 6) is 0.522. The average Bonchev–Trinajstić information content (AvgIpc) is 3.05. The first-order valence-electron chi connectivity index (χ1n) is 10.6. The predicted molar refractivity (Wildman–Crippen MR) is 123 cm³/mol. The maximum absolute atomic E-state index is 13.8. The number of aryl methyl sites for hydroxylation is 2. The van der Waals surface area contributed by atoms with E-state index in [1.165, 1.54) is 12.1 Å². The van der Waals surface area contributed by atoms with Crippen molar-refractivity contribution in [1.29, 1.82) is 0 Å². The predicted octanol–water partition coefficient (Wildman–Crippen LogP) is 6.49. The van der Waals surface area contributed by atoms with E-state index in [4.69, 9.17) is 4.98 Å². The number of aromatic nitrogens is 2. The molecule has 0 fully saturated rings. The Hall–Kier alpha value is -2.21. The Morgan fingerprint density at radius 1 is 1.13 bits per heavy atom. The molecule has 0 radical (unpaired) electrons. The number of rotatable bonds is 9. The molecule has 6 heteroatoms. The Labute approximate surface area is 186 Å². The van der Waals surface area contributed by atoms with Crippen LogP contribution in [0.2, 0.25) is 0 Å². The molecule has 0 bridgehead atoms. The minimum Gasteiger partial charge on any atom is -0.331 e. The summed E-state index contributed by atoms with van der Waals surface area (Å²) < 4.78 is 16.8. The SMILES string of the molecule is CCCCCN(Cc1nc2ccc(F)cc2n1CCC)C(=O)c1ccc(C)c(Br)c1. The molecule has 3 aromatic rings. The van der Waals surface area contributed by atoms with Crippen LogP contribution in [0.25, 0.3) is 11.0 Å². The number of imidazole rings is 1. The van der Waals surface area contributed by atoms with Crippen molar-refractivity contribution in [3.8, 4) is 0 Å². The number of nitrogens with zero attached hydrogens (tertiary/aromatic N) is 3. The highest BCUT2D eigenvalue weighted by molar-refractivity contribution is 9.10. The summed E-state index contributed by atoms with van der Waals surface area (Å²) in [6, 6.07) is 10.4. The minimum absolute atomic E-state index is 0.00640. The molecular weight excluding hydrogens is 445 g/mol. The number of fused-ring (bicyclic) bond motifs is 1. The van der Waals surface area contributed by atoms with Gasteiger partial charge in [0.15, 0.2) is 0 Å². The fraction of sp³-hybridized carbons (Fsp3) is 0.417. The lowest BCUT2D eigenvalue weighted by atomic mass is 10.1. The van der Waals surface area contributed by atoms with Crippen molar-refractivity contribution >= 4 is 32.9 Å². The van der Waals surface area contributed by atoms with Crippen LogP contribution in [0.15, 0.2) is 40.9 Å². The van der Waals surface area contributed by atoms with Gasteiger partial charge in [0.2, 0.25) is 0 Å². The average molecular weight is 474 g/mol. The summed E-state index contributed by atoms with van der Waals surface area (Å²) in [6.45, 7) is 8.06. The van der Waals surface area contributed by atoms with E-state index in [0.717, 1.165) is 59.1 Å². The third-order valence-corrected chi connectivity index (χ3v) is 6.16. The fourth-order valence-corrected chi connectivity index (χ4v) is 4.00. The van der Waals surface area contributed by atoms with Gasteiger partial charge in [0.25, 0.3) is 5.91 Å². The van der Waals surface area contributed by atoms with Crippen molar-refractivity contribution in [2.75, 3.05) is 6.54 Å². The molecule has 4 nitrogen and oxygen atoms in total. The van der Waals surface area contributed by atoms with Crippen molar-refractivity contribution < 1.29 is 9.18 Å². The second-order valence-electron chi connectivity index (χ2n) is 7.71. The molecule has 1 heterocycles. The lowest BCUT2D eigenvalue weighted by molar-refractivity contribution is 0.0734. The zero-order valence-electron chi connectivity index (χ0n) is 17.9. The molecule has 160 valence electrons. The largest absolute Gasteiger partial charge is 0.331 e. The van der Waals surface area contributed by atoms with E-state index in [0.29, 0.717) is 18.7 Å². The molecule has 0 aliphatic carbocycles. The molecule has 0 N–H and O–H groups in total. The monoisotopic (exact) mass is 473 g/mol. The third-order valence-electron chi connectivity index (χ3n) is 5.31. The Balaban J connectivity index is 1.95. The first kappa shape index (κ1) is 22.5. The van der Waals surface area contributed by atoms with Gasteiger partial charge >= 0.3 is 0 Å². The number of benzene rings is 2. The van der Waals surface area contributed by atoms with Crippen LogP contribution >= 0.6 is 15.9 Å². The molecule has 0 saturated heterocycles. The highest BCUT2D eigenvalue weighted by atomic mass is 79.9. The summed E-state index contributed by atoms with van der Waals surface area (Å²) in [5.41, 5.74) is 3.30. The standard InChI is InChI=1S/C24H29BrFN3O/c1-4-6-7-13-28(24(30)18-9-8-17(3)20(25)14-18)16-23-27-21-11-10-19(26)15-22(21)29(23)12-5-2/h8-11,14-15H,4-7,12-13,16H2,1-3H3. The molecule has 3 rings (SSSR count). The Morgan fingerprint density at radius 3 is 2.63 bits per heavy atom. The normalized spacial score (nSPS) is 11.2. The zero-order valence-corrected chi connectivity index (χ0v) is 19.5. The molecule has 30 heavy (non-hydrogen) atoms. The van der Waals surface area contributed by atoms with Crippen molar-refractivity contribution in [3.05, 3.63) is 63.6 Å². The molecule has 0 atom stereocenters. The molecule has 2 aromatic carbocycles. The maximum atomic E-state index is 13.8. The smallest absolute Gasteiger partial charge is 0.254 e. The number of amides is 1. The van der Waals surface area contributed by atoms with Gasteiger partial charge in [0.1, 0.15) is 11.6 Å². The van der Waals surface area contributed by atoms with Crippen LogP contribution in [0, 0.1) is 12.7 Å². The van der Waals surface area contributed by atoms with Crippen LogP contribution < -0.4 is 0 Å². The van der Waals surface area contributed by atoms with E-state index in [9.17, 15) is 9.18 Å². The molecule has 0 unspecified atom stereocenters. The van der Waals surface area contributed by atoms with Gasteiger partial charge in [-0.25, -0.2) is 9.37 Å². The second-order valence-corrected chi connectivity index (χ2v) is 8.56. The van der Waals surface area contributed by atoms with Crippen molar-refractivity contribution in [3.63, 3.8) is 0 Å². The molecule has 0 aliphatic heterocycles. The van der Waals surface area contributed by atoms with E-state index in [1.54, 1.807) is 6.07 Å². The molecular formula is C24H29BrFN3O. The molecule has 0 spiro atoms. The third kappa shape index (κ3) is 5.09. The van der Waals surface area contributed by atoms with Crippen molar-refractivity contribution in [1.82, 2.24) is 14.5 Å². The highest BCUT2D eigenvalue weighted by Crippen LogP contribution is 2.22. The second kappa shape index (κ2) is 10.2. The number of halogens is 2. The minimum atomic E-state index is -0.272. The maximum Gasteiger partial charge on any atom is 0.254 e. The Bertz CT molecular complexity index is 1030. The number of carbonyl (C=O) groups is 1. The van der Waals surface area contributed by atoms with E-state index >= 15 is 0 Å². The van der Waals surface area contributed by atoms with Crippen LogP contribution in [0.5, 0.6) is 0 Å². The highest BCUT2D eigenvalue weighted by Gasteiger charge is 2.20. The van der Waals surface area contributed by atoms with Gasteiger partial charge in [-0.1, -0.05) is 48.7 Å². The topological polar surface area (TPSA) is 38.1 Å². The van der Waals surface area contributed by atoms with E-state index in [2.05, 4.69) is 29.8 Å². The lowest BCUT2D eigenvalue weighted by Crippen LogP contribution is -2.32. The van der Waals surface area contributed by atoms with E-state index in [-0.39, 0.29) is 11.7 Å². The molecule has 1 aromatic heterocycles. The first-order valence-corrected chi connectivity index (χ1v) is 11.4. The quantitative estimate of drug-likeness (QED) is 0.333. The first-order chi connectivity index (χ1) is 14.4. The lowest BCUT2D eigenvalue weighted by Gasteiger charge is -2.23. The summed E-state index contributed by atoms with van der Waals surface area (Å²) in [7, 11) is 0. The van der Waals surface area contributed by atoms with E-state index in [1.807, 2.05) is 34.6 Å². The van der Waals surface area contributed by atoms with Crippen LogP contribution in [-0.2, 0) is 13.1 Å². The van der Waals surface area contributed by atoms with Gasteiger partial charge in [-0.05, 0) is 55.7 Å². The molecule has 0 aliphatic rings. The van der Waals surface area contributed by atoms with Gasteiger partial charge in [-0.2, -0.15) is 0 Å². The van der Waals surface area contributed by atoms with Crippen LogP contribution in [0.1, 0.15) is 61.3 Å². The fourth-order valence-electron chi connectivity index (χ4n) is 3.62. The van der Waals surface area contributed by atoms with Gasteiger partial charge in [0.05, 0.1) is 17.6 Å². The summed E-state index contributed by atoms with van der Waals surface area (Å²) >= 11 is 3.53.